The zero-order chi connectivity index (χ0) is 15.1. The van der Waals surface area contributed by atoms with Gasteiger partial charge in [-0.25, -0.2) is 0 Å². The van der Waals surface area contributed by atoms with Gasteiger partial charge < -0.3 is 10.1 Å². The number of rotatable bonds is 7. The Kier molecular flexibility index (Phi) is 6.93. The molecule has 21 heavy (non-hydrogen) atoms. The van der Waals surface area contributed by atoms with Crippen LogP contribution in [-0.2, 0) is 9.53 Å². The lowest BCUT2D eigenvalue weighted by molar-refractivity contribution is -0.146. The first-order valence-corrected chi connectivity index (χ1v) is 8.61. The van der Waals surface area contributed by atoms with E-state index in [-0.39, 0.29) is 12.0 Å². The van der Waals surface area contributed by atoms with Gasteiger partial charge in [-0.1, -0.05) is 13.3 Å². The Hall–Kier alpha value is -0.650. The van der Waals surface area contributed by atoms with E-state index < -0.39 is 0 Å². The van der Waals surface area contributed by atoms with Gasteiger partial charge in [-0.05, 0) is 52.4 Å². The highest BCUT2D eigenvalue weighted by Gasteiger charge is 2.31. The summed E-state index contributed by atoms with van der Waals surface area (Å²) in [7, 11) is 0. The SMILES string of the molecule is CCNC(CN1CCC(N2CCCCC2)C1)C(=O)OCC. The number of ether oxygens (including phenoxy) is 1. The molecule has 2 aliphatic heterocycles. The fraction of sp³-hybridized carbons (Fsp3) is 0.938. The number of piperidine rings is 1. The van der Waals surface area contributed by atoms with E-state index in [1.54, 1.807) is 0 Å². The molecular weight excluding hydrogens is 266 g/mol. The van der Waals surface area contributed by atoms with Gasteiger partial charge in [0.05, 0.1) is 6.61 Å². The number of esters is 1. The Balaban J connectivity index is 1.80. The molecule has 2 unspecified atom stereocenters. The summed E-state index contributed by atoms with van der Waals surface area (Å²) in [6.45, 7) is 10.6. The van der Waals surface area contributed by atoms with Gasteiger partial charge in [0.15, 0.2) is 0 Å². The van der Waals surface area contributed by atoms with Crippen LogP contribution in [0.5, 0.6) is 0 Å². The highest BCUT2D eigenvalue weighted by atomic mass is 16.5. The van der Waals surface area contributed by atoms with Crippen molar-refractivity contribution in [2.45, 2.75) is 51.6 Å². The minimum absolute atomic E-state index is 0.110. The molecule has 0 aromatic carbocycles. The fourth-order valence-electron chi connectivity index (χ4n) is 3.53. The second-order valence-corrected chi connectivity index (χ2v) is 6.16. The van der Waals surface area contributed by atoms with Crippen LogP contribution in [0.1, 0.15) is 39.5 Å². The van der Waals surface area contributed by atoms with Crippen molar-refractivity contribution in [3.05, 3.63) is 0 Å². The average Bonchev–Trinajstić information content (AvgIpc) is 2.96. The first-order chi connectivity index (χ1) is 10.2. The molecule has 0 bridgehead atoms. The molecule has 0 amide bonds. The topological polar surface area (TPSA) is 44.8 Å². The van der Waals surface area contributed by atoms with Crippen LogP contribution in [0.2, 0.25) is 0 Å². The second-order valence-electron chi connectivity index (χ2n) is 6.16. The Bertz CT molecular complexity index is 319. The maximum Gasteiger partial charge on any atom is 0.324 e. The number of hydrogen-bond acceptors (Lipinski definition) is 5. The van der Waals surface area contributed by atoms with Crippen LogP contribution >= 0.6 is 0 Å². The van der Waals surface area contributed by atoms with Crippen LogP contribution in [0, 0.1) is 0 Å². The van der Waals surface area contributed by atoms with E-state index in [2.05, 4.69) is 15.1 Å². The molecule has 2 fully saturated rings. The predicted octanol–water partition coefficient (Wildman–Crippen LogP) is 1.09. The number of likely N-dealkylation sites (N-methyl/N-ethyl adjacent to an activating group) is 1. The Morgan fingerprint density at radius 3 is 2.67 bits per heavy atom. The summed E-state index contributed by atoms with van der Waals surface area (Å²) in [4.78, 5) is 17.1. The van der Waals surface area contributed by atoms with Gasteiger partial charge in [-0.3, -0.25) is 14.6 Å². The highest BCUT2D eigenvalue weighted by Crippen LogP contribution is 2.20. The zero-order valence-electron chi connectivity index (χ0n) is 13.6. The largest absolute Gasteiger partial charge is 0.465 e. The minimum Gasteiger partial charge on any atom is -0.465 e. The van der Waals surface area contributed by atoms with E-state index in [1.807, 2.05) is 13.8 Å². The molecule has 2 atom stereocenters. The van der Waals surface area contributed by atoms with E-state index in [1.165, 1.54) is 38.8 Å². The van der Waals surface area contributed by atoms with Gasteiger partial charge in [0.1, 0.15) is 6.04 Å². The molecule has 2 heterocycles. The van der Waals surface area contributed by atoms with Crippen molar-refractivity contribution < 1.29 is 9.53 Å². The van der Waals surface area contributed by atoms with Crippen LogP contribution in [0.4, 0.5) is 0 Å². The van der Waals surface area contributed by atoms with E-state index in [0.717, 1.165) is 26.2 Å². The minimum atomic E-state index is -0.185. The summed E-state index contributed by atoms with van der Waals surface area (Å²) in [5.74, 6) is -0.110. The summed E-state index contributed by atoms with van der Waals surface area (Å²) in [5, 5.41) is 3.26. The average molecular weight is 297 g/mol. The third-order valence-electron chi connectivity index (χ3n) is 4.62. The number of hydrogen-bond donors (Lipinski definition) is 1. The van der Waals surface area contributed by atoms with Crippen LogP contribution in [0.15, 0.2) is 0 Å². The first kappa shape index (κ1) is 16.7. The predicted molar refractivity (Wildman–Crippen MR) is 84.4 cm³/mol. The Morgan fingerprint density at radius 2 is 2.00 bits per heavy atom. The number of carbonyl (C=O) groups is 1. The van der Waals surface area contributed by atoms with Gasteiger partial charge >= 0.3 is 5.97 Å². The molecule has 2 rings (SSSR count). The Morgan fingerprint density at radius 1 is 1.24 bits per heavy atom. The quantitative estimate of drug-likeness (QED) is 0.713. The van der Waals surface area contributed by atoms with Crippen molar-refractivity contribution in [1.29, 1.82) is 0 Å². The van der Waals surface area contributed by atoms with Crippen LogP contribution < -0.4 is 5.32 Å². The number of carbonyl (C=O) groups excluding carboxylic acids is 1. The van der Waals surface area contributed by atoms with Crippen LogP contribution in [0.3, 0.4) is 0 Å². The van der Waals surface area contributed by atoms with Gasteiger partial charge in [0, 0.05) is 19.1 Å². The molecule has 5 heteroatoms. The molecule has 5 nitrogen and oxygen atoms in total. The van der Waals surface area contributed by atoms with Crippen molar-refractivity contribution in [3.63, 3.8) is 0 Å². The van der Waals surface area contributed by atoms with Crippen molar-refractivity contribution in [2.24, 2.45) is 0 Å². The number of nitrogens with one attached hydrogen (secondary N) is 1. The molecular formula is C16H31N3O2. The maximum absolute atomic E-state index is 12.0. The molecule has 0 aromatic heterocycles. The van der Waals surface area contributed by atoms with E-state index in [9.17, 15) is 4.79 Å². The third kappa shape index (κ3) is 4.94. The van der Waals surface area contributed by atoms with Crippen molar-refractivity contribution in [1.82, 2.24) is 15.1 Å². The lowest BCUT2D eigenvalue weighted by Crippen LogP contribution is -2.47. The molecule has 0 aromatic rings. The smallest absolute Gasteiger partial charge is 0.324 e. The van der Waals surface area contributed by atoms with E-state index in [4.69, 9.17) is 4.74 Å². The molecule has 0 radical (unpaired) electrons. The standard InChI is InChI=1S/C16H31N3O2/c1-3-17-15(16(20)21-4-2)13-18-11-8-14(12-18)19-9-6-5-7-10-19/h14-15,17H,3-13H2,1-2H3. The monoisotopic (exact) mass is 297 g/mol. The maximum atomic E-state index is 12.0. The summed E-state index contributed by atoms with van der Waals surface area (Å²) in [6, 6.07) is 0.504. The molecule has 0 spiro atoms. The second kappa shape index (κ2) is 8.71. The molecule has 0 aliphatic carbocycles. The summed E-state index contributed by atoms with van der Waals surface area (Å²) in [5.41, 5.74) is 0. The molecule has 1 N–H and O–H groups in total. The van der Waals surface area contributed by atoms with Gasteiger partial charge in [-0.2, -0.15) is 0 Å². The van der Waals surface area contributed by atoms with Crippen molar-refractivity contribution >= 4 is 5.97 Å². The van der Waals surface area contributed by atoms with Crippen molar-refractivity contribution in [2.75, 3.05) is 45.9 Å². The lowest BCUT2D eigenvalue weighted by Gasteiger charge is -2.32. The molecule has 122 valence electrons. The lowest BCUT2D eigenvalue weighted by atomic mass is 10.1. The molecule has 2 saturated heterocycles. The van der Waals surface area contributed by atoms with Gasteiger partial charge in [0.2, 0.25) is 0 Å². The summed E-state index contributed by atoms with van der Waals surface area (Å²) in [6.07, 6.45) is 5.32. The highest BCUT2D eigenvalue weighted by molar-refractivity contribution is 5.76. The summed E-state index contributed by atoms with van der Waals surface area (Å²) < 4.78 is 5.17. The van der Waals surface area contributed by atoms with E-state index >= 15 is 0 Å². The number of nitrogens with zero attached hydrogens (tertiary/aromatic N) is 2. The van der Waals surface area contributed by atoms with Gasteiger partial charge in [-0.15, -0.1) is 0 Å². The molecule has 0 saturated carbocycles. The van der Waals surface area contributed by atoms with Crippen molar-refractivity contribution in [3.8, 4) is 0 Å². The summed E-state index contributed by atoms with van der Waals surface area (Å²) >= 11 is 0. The van der Waals surface area contributed by atoms with Crippen LogP contribution in [-0.4, -0.2) is 73.7 Å². The normalized spacial score (nSPS) is 25.9. The van der Waals surface area contributed by atoms with Crippen LogP contribution in [0.25, 0.3) is 0 Å². The molecule has 2 aliphatic rings. The fourth-order valence-corrected chi connectivity index (χ4v) is 3.53. The first-order valence-electron chi connectivity index (χ1n) is 8.61. The third-order valence-corrected chi connectivity index (χ3v) is 4.62. The van der Waals surface area contributed by atoms with Gasteiger partial charge in [0.25, 0.3) is 0 Å². The van der Waals surface area contributed by atoms with E-state index in [0.29, 0.717) is 12.6 Å². The number of likely N-dealkylation sites (tertiary alicyclic amines) is 2. The Labute approximate surface area is 129 Å². The zero-order valence-corrected chi connectivity index (χ0v) is 13.6.